The van der Waals surface area contributed by atoms with Crippen LogP contribution in [-0.2, 0) is 0 Å². The molecule has 0 unspecified atom stereocenters. The van der Waals surface area contributed by atoms with Crippen molar-refractivity contribution in [3.63, 3.8) is 0 Å². The maximum atomic E-state index is 4.18. The molecule has 3 heteroatoms. The summed E-state index contributed by atoms with van der Waals surface area (Å²) in [6, 6.07) is 10.1. The van der Waals surface area contributed by atoms with Crippen molar-refractivity contribution in [2.45, 2.75) is 0 Å². The summed E-state index contributed by atoms with van der Waals surface area (Å²) in [5.41, 5.74) is 2.14. The van der Waals surface area contributed by atoms with Crippen LogP contribution in [0.1, 0.15) is 5.82 Å². The standard InChI is InChI=1S/C12H11N3/c1-13-9-12-14-7-11(8-15-12)10-5-3-2-4-6-10/h2-9H,1H3/b13-9+. The number of aromatic nitrogens is 2. The Kier molecular flexibility index (Phi) is 2.83. The van der Waals surface area contributed by atoms with E-state index in [9.17, 15) is 0 Å². The Morgan fingerprint density at radius 2 is 1.67 bits per heavy atom. The molecule has 0 saturated heterocycles. The Balaban J connectivity index is 2.32. The number of hydrogen-bond acceptors (Lipinski definition) is 3. The van der Waals surface area contributed by atoms with E-state index in [4.69, 9.17) is 0 Å². The van der Waals surface area contributed by atoms with E-state index >= 15 is 0 Å². The van der Waals surface area contributed by atoms with Crippen LogP contribution in [0.15, 0.2) is 47.7 Å². The van der Waals surface area contributed by atoms with Crippen molar-refractivity contribution >= 4 is 6.21 Å². The summed E-state index contributed by atoms with van der Waals surface area (Å²) >= 11 is 0. The van der Waals surface area contributed by atoms with Crippen LogP contribution < -0.4 is 0 Å². The van der Waals surface area contributed by atoms with Gasteiger partial charge >= 0.3 is 0 Å². The highest BCUT2D eigenvalue weighted by atomic mass is 14.9. The molecule has 2 rings (SSSR count). The molecule has 0 amide bonds. The maximum Gasteiger partial charge on any atom is 0.170 e. The van der Waals surface area contributed by atoms with Crippen LogP contribution in [0.2, 0.25) is 0 Å². The number of aliphatic imine (C=N–C) groups is 1. The van der Waals surface area contributed by atoms with E-state index in [0.717, 1.165) is 11.1 Å². The lowest BCUT2D eigenvalue weighted by Crippen LogP contribution is -1.92. The van der Waals surface area contributed by atoms with E-state index in [0.29, 0.717) is 5.82 Å². The fourth-order valence-electron chi connectivity index (χ4n) is 1.30. The summed E-state index contributed by atoms with van der Waals surface area (Å²) in [7, 11) is 1.70. The van der Waals surface area contributed by atoms with Gasteiger partial charge in [0.15, 0.2) is 5.82 Å². The van der Waals surface area contributed by atoms with Crippen LogP contribution in [-0.4, -0.2) is 23.2 Å². The molecule has 0 aliphatic rings. The predicted molar refractivity (Wildman–Crippen MR) is 61.0 cm³/mol. The van der Waals surface area contributed by atoms with Gasteiger partial charge in [-0.15, -0.1) is 0 Å². The molecule has 74 valence electrons. The van der Waals surface area contributed by atoms with Crippen molar-refractivity contribution in [3.05, 3.63) is 48.5 Å². The van der Waals surface area contributed by atoms with E-state index in [-0.39, 0.29) is 0 Å². The normalized spacial score (nSPS) is 10.7. The van der Waals surface area contributed by atoms with Crippen LogP contribution in [0.3, 0.4) is 0 Å². The van der Waals surface area contributed by atoms with Crippen LogP contribution in [0, 0.1) is 0 Å². The third kappa shape index (κ3) is 2.26. The van der Waals surface area contributed by atoms with E-state index in [1.54, 1.807) is 25.7 Å². The molecule has 0 radical (unpaired) electrons. The average molecular weight is 197 g/mol. The highest BCUT2D eigenvalue weighted by Crippen LogP contribution is 2.15. The van der Waals surface area contributed by atoms with Crippen LogP contribution in [0.25, 0.3) is 11.1 Å². The van der Waals surface area contributed by atoms with Gasteiger partial charge in [0.2, 0.25) is 0 Å². The summed E-state index contributed by atoms with van der Waals surface area (Å²) in [5.74, 6) is 0.636. The molecule has 0 aliphatic carbocycles. The van der Waals surface area contributed by atoms with Crippen molar-refractivity contribution in [3.8, 4) is 11.1 Å². The van der Waals surface area contributed by atoms with Crippen molar-refractivity contribution < 1.29 is 0 Å². The minimum absolute atomic E-state index is 0.636. The Hall–Kier alpha value is -2.03. The molecule has 0 N–H and O–H groups in total. The summed E-state index contributed by atoms with van der Waals surface area (Å²) < 4.78 is 0. The topological polar surface area (TPSA) is 38.1 Å². The minimum Gasteiger partial charge on any atom is -0.293 e. The van der Waals surface area contributed by atoms with Gasteiger partial charge in [-0.25, -0.2) is 9.97 Å². The first-order valence-corrected chi connectivity index (χ1v) is 4.70. The van der Waals surface area contributed by atoms with Crippen molar-refractivity contribution in [2.24, 2.45) is 4.99 Å². The Morgan fingerprint density at radius 3 is 2.27 bits per heavy atom. The third-order valence-corrected chi connectivity index (χ3v) is 2.02. The van der Waals surface area contributed by atoms with Gasteiger partial charge in [-0.05, 0) is 5.56 Å². The zero-order valence-electron chi connectivity index (χ0n) is 8.46. The number of benzene rings is 1. The number of hydrogen-bond donors (Lipinski definition) is 0. The molecular formula is C12H11N3. The monoisotopic (exact) mass is 197 g/mol. The lowest BCUT2D eigenvalue weighted by atomic mass is 10.1. The molecule has 0 spiro atoms. The molecule has 1 aromatic heterocycles. The van der Waals surface area contributed by atoms with Gasteiger partial charge in [0, 0.05) is 25.0 Å². The lowest BCUT2D eigenvalue weighted by molar-refractivity contribution is 1.14. The summed E-state index contributed by atoms with van der Waals surface area (Å²) in [5, 5.41) is 0. The fraction of sp³-hybridized carbons (Fsp3) is 0.0833. The Bertz CT molecular complexity index is 446. The molecule has 0 bridgehead atoms. The highest BCUT2D eigenvalue weighted by Gasteiger charge is 1.97. The second-order valence-electron chi connectivity index (χ2n) is 3.08. The van der Waals surface area contributed by atoms with Gasteiger partial charge in [-0.1, -0.05) is 30.3 Å². The molecule has 15 heavy (non-hydrogen) atoms. The summed E-state index contributed by atoms with van der Waals surface area (Å²) in [6.45, 7) is 0. The van der Waals surface area contributed by atoms with Crippen LogP contribution >= 0.6 is 0 Å². The van der Waals surface area contributed by atoms with Gasteiger partial charge in [0.25, 0.3) is 0 Å². The van der Waals surface area contributed by atoms with Crippen molar-refractivity contribution in [2.75, 3.05) is 7.05 Å². The molecule has 3 nitrogen and oxygen atoms in total. The molecule has 0 fully saturated rings. The average Bonchev–Trinajstić information content (AvgIpc) is 2.32. The first-order chi connectivity index (χ1) is 7.40. The highest BCUT2D eigenvalue weighted by molar-refractivity contribution is 5.74. The Morgan fingerprint density at radius 1 is 1.00 bits per heavy atom. The fourth-order valence-corrected chi connectivity index (χ4v) is 1.30. The van der Waals surface area contributed by atoms with E-state index < -0.39 is 0 Å². The summed E-state index contributed by atoms with van der Waals surface area (Å²) in [6.07, 6.45) is 5.24. The Labute approximate surface area is 88.6 Å². The molecule has 0 aliphatic heterocycles. The first kappa shape index (κ1) is 9.52. The van der Waals surface area contributed by atoms with Crippen molar-refractivity contribution in [1.82, 2.24) is 9.97 Å². The molecule has 1 aromatic carbocycles. The first-order valence-electron chi connectivity index (χ1n) is 4.70. The van der Waals surface area contributed by atoms with E-state index in [1.165, 1.54) is 0 Å². The zero-order chi connectivity index (χ0) is 10.5. The number of nitrogens with zero attached hydrogens (tertiary/aromatic N) is 3. The molecule has 1 heterocycles. The number of rotatable bonds is 2. The van der Waals surface area contributed by atoms with Crippen LogP contribution in [0.4, 0.5) is 0 Å². The second kappa shape index (κ2) is 4.46. The summed E-state index contributed by atoms with van der Waals surface area (Å²) in [4.78, 5) is 12.2. The molecular weight excluding hydrogens is 186 g/mol. The predicted octanol–water partition coefficient (Wildman–Crippen LogP) is 2.19. The molecule has 0 atom stereocenters. The van der Waals surface area contributed by atoms with Crippen LogP contribution in [0.5, 0.6) is 0 Å². The lowest BCUT2D eigenvalue weighted by Gasteiger charge is -1.99. The zero-order valence-corrected chi connectivity index (χ0v) is 8.46. The van der Waals surface area contributed by atoms with Crippen molar-refractivity contribution in [1.29, 1.82) is 0 Å². The largest absolute Gasteiger partial charge is 0.293 e. The van der Waals surface area contributed by atoms with Gasteiger partial charge in [-0.3, -0.25) is 4.99 Å². The molecule has 0 saturated carbocycles. The third-order valence-electron chi connectivity index (χ3n) is 2.02. The van der Waals surface area contributed by atoms with E-state index in [2.05, 4.69) is 15.0 Å². The SMILES string of the molecule is C/N=C/c1ncc(-c2ccccc2)cn1. The van der Waals surface area contributed by atoms with Gasteiger partial charge in [0.05, 0.1) is 6.21 Å². The molecule has 2 aromatic rings. The van der Waals surface area contributed by atoms with Gasteiger partial charge in [-0.2, -0.15) is 0 Å². The minimum atomic E-state index is 0.636. The smallest absolute Gasteiger partial charge is 0.170 e. The quantitative estimate of drug-likeness (QED) is 0.692. The van der Waals surface area contributed by atoms with Gasteiger partial charge < -0.3 is 0 Å². The van der Waals surface area contributed by atoms with E-state index in [1.807, 2.05) is 30.3 Å². The maximum absolute atomic E-state index is 4.18. The van der Waals surface area contributed by atoms with Gasteiger partial charge in [0.1, 0.15) is 0 Å². The second-order valence-corrected chi connectivity index (χ2v) is 3.08.